The van der Waals surface area contributed by atoms with Crippen molar-refractivity contribution in [3.63, 3.8) is 0 Å². The van der Waals surface area contributed by atoms with Crippen LogP contribution in [-0.4, -0.2) is 66.7 Å². The molecule has 0 saturated carbocycles. The van der Waals surface area contributed by atoms with Gasteiger partial charge in [-0.15, -0.1) is 0 Å². The number of nitrogens with zero attached hydrogens (tertiary/aromatic N) is 2. The number of carbonyl (C=O) groups is 2. The summed E-state index contributed by atoms with van der Waals surface area (Å²) in [5, 5.41) is 2.47. The second kappa shape index (κ2) is 9.61. The van der Waals surface area contributed by atoms with Gasteiger partial charge in [0.05, 0.1) is 17.7 Å². The summed E-state index contributed by atoms with van der Waals surface area (Å²) in [7, 11) is 1.80. The fourth-order valence-corrected chi connectivity index (χ4v) is 4.47. The summed E-state index contributed by atoms with van der Waals surface area (Å²) in [4.78, 5) is 26.7. The average Bonchev–Trinajstić information content (AvgIpc) is 3.57. The largest absolute Gasteiger partial charge is 0.416 e. The SMILES string of the molecule is CC(=O)NCC(=O)N1CCC(N(C)C2OC2C(C)(C)c2cc(C(F)(F)F)cc(C(F)(F)F)c2)CC1. The van der Waals surface area contributed by atoms with Crippen molar-refractivity contribution in [2.45, 2.75) is 69.8 Å². The van der Waals surface area contributed by atoms with Crippen LogP contribution in [0.25, 0.3) is 0 Å². The number of hydrogen-bond acceptors (Lipinski definition) is 4. The number of hydrogen-bond donors (Lipinski definition) is 1. The first kappa shape index (κ1) is 27.3. The van der Waals surface area contributed by atoms with E-state index in [9.17, 15) is 35.9 Å². The third-order valence-corrected chi connectivity index (χ3v) is 6.79. The van der Waals surface area contributed by atoms with E-state index in [0.29, 0.717) is 25.9 Å². The molecule has 2 unspecified atom stereocenters. The molecule has 2 aliphatic heterocycles. The Kier molecular flexibility index (Phi) is 7.48. The van der Waals surface area contributed by atoms with E-state index in [-0.39, 0.29) is 36.0 Å². The summed E-state index contributed by atoms with van der Waals surface area (Å²) in [6.45, 7) is 5.34. The lowest BCUT2D eigenvalue weighted by Crippen LogP contribution is -2.49. The van der Waals surface area contributed by atoms with Crippen LogP contribution in [0.3, 0.4) is 0 Å². The highest BCUT2D eigenvalue weighted by Gasteiger charge is 2.54. The molecule has 0 aromatic heterocycles. The van der Waals surface area contributed by atoms with Crippen LogP contribution >= 0.6 is 0 Å². The Morgan fingerprint density at radius 2 is 1.49 bits per heavy atom. The van der Waals surface area contributed by atoms with Crippen LogP contribution in [0, 0.1) is 0 Å². The molecule has 2 atom stereocenters. The highest BCUT2D eigenvalue weighted by molar-refractivity contribution is 5.83. The van der Waals surface area contributed by atoms with Gasteiger partial charge in [-0.2, -0.15) is 26.3 Å². The number of nitrogens with one attached hydrogen (secondary N) is 1. The van der Waals surface area contributed by atoms with E-state index < -0.39 is 41.2 Å². The number of piperidine rings is 1. The molecular formula is C23H29F6N3O3. The Labute approximate surface area is 199 Å². The first-order chi connectivity index (χ1) is 16.0. The minimum Gasteiger partial charge on any atom is -0.352 e. The molecule has 1 aromatic carbocycles. The topological polar surface area (TPSA) is 65.2 Å². The predicted octanol–water partition coefficient (Wildman–Crippen LogP) is 3.79. The van der Waals surface area contributed by atoms with Gasteiger partial charge >= 0.3 is 12.4 Å². The van der Waals surface area contributed by atoms with Gasteiger partial charge in [0, 0.05) is 31.5 Å². The molecule has 0 aliphatic carbocycles. The fourth-order valence-electron chi connectivity index (χ4n) is 4.47. The van der Waals surface area contributed by atoms with E-state index in [1.807, 2.05) is 4.90 Å². The van der Waals surface area contributed by atoms with Gasteiger partial charge < -0.3 is 15.0 Å². The lowest BCUT2D eigenvalue weighted by Gasteiger charge is -2.36. The van der Waals surface area contributed by atoms with Gasteiger partial charge in [0.25, 0.3) is 0 Å². The summed E-state index contributed by atoms with van der Waals surface area (Å²) >= 11 is 0. The lowest BCUT2D eigenvalue weighted by atomic mass is 9.79. The molecule has 2 amide bonds. The molecule has 2 fully saturated rings. The fraction of sp³-hybridized carbons (Fsp3) is 0.652. The van der Waals surface area contributed by atoms with Gasteiger partial charge in [-0.1, -0.05) is 13.8 Å². The number of carbonyl (C=O) groups excluding carboxylic acids is 2. The highest BCUT2D eigenvalue weighted by Crippen LogP contribution is 2.46. The van der Waals surface area contributed by atoms with Crippen LogP contribution < -0.4 is 5.32 Å². The second-order valence-electron chi connectivity index (χ2n) is 9.65. The monoisotopic (exact) mass is 509 g/mol. The number of likely N-dealkylation sites (tertiary alicyclic amines) is 1. The molecule has 6 nitrogen and oxygen atoms in total. The van der Waals surface area contributed by atoms with Gasteiger partial charge in [0.15, 0.2) is 0 Å². The van der Waals surface area contributed by atoms with Gasteiger partial charge in [0.2, 0.25) is 11.8 Å². The maximum atomic E-state index is 13.3. The third kappa shape index (κ3) is 6.27. The van der Waals surface area contributed by atoms with Gasteiger partial charge in [-0.25, -0.2) is 0 Å². The molecule has 1 N–H and O–H groups in total. The van der Waals surface area contributed by atoms with E-state index in [2.05, 4.69) is 5.32 Å². The first-order valence-corrected chi connectivity index (χ1v) is 11.2. The maximum absolute atomic E-state index is 13.3. The number of ether oxygens (including phenoxy) is 1. The predicted molar refractivity (Wildman–Crippen MR) is 114 cm³/mol. The Bertz CT molecular complexity index is 923. The normalized spacial score (nSPS) is 21.9. The number of likely N-dealkylation sites (N-methyl/N-ethyl adjacent to an activating group) is 1. The number of benzene rings is 1. The summed E-state index contributed by atoms with van der Waals surface area (Å²) in [6, 6.07) is 1.66. The zero-order valence-electron chi connectivity index (χ0n) is 19.9. The highest BCUT2D eigenvalue weighted by atomic mass is 19.4. The first-order valence-electron chi connectivity index (χ1n) is 11.2. The van der Waals surface area contributed by atoms with Crippen molar-refractivity contribution in [3.8, 4) is 0 Å². The molecule has 2 aliphatic rings. The van der Waals surface area contributed by atoms with Crippen molar-refractivity contribution in [3.05, 3.63) is 34.9 Å². The standard InChI is InChI=1S/C23H29F6N3O3/c1-13(33)30-12-18(34)32-7-5-17(6-8-32)31(4)20-19(35-20)21(2,3)14-9-15(22(24,25)26)11-16(10-14)23(27,28)29/h9-11,17,19-20H,5-8,12H2,1-4H3,(H,30,33). The van der Waals surface area contributed by atoms with Gasteiger partial charge in [-0.05, 0) is 43.7 Å². The minimum absolute atomic E-state index is 0.0258. The van der Waals surface area contributed by atoms with Crippen molar-refractivity contribution in [1.29, 1.82) is 0 Å². The molecule has 0 radical (unpaired) electrons. The summed E-state index contributed by atoms with van der Waals surface area (Å²) in [5.74, 6) is -0.483. The maximum Gasteiger partial charge on any atom is 0.416 e. The van der Waals surface area contributed by atoms with E-state index in [4.69, 9.17) is 4.74 Å². The Balaban J connectivity index is 1.68. The zero-order valence-corrected chi connectivity index (χ0v) is 19.9. The second-order valence-corrected chi connectivity index (χ2v) is 9.65. The van der Waals surface area contributed by atoms with Gasteiger partial charge in [-0.3, -0.25) is 14.5 Å². The van der Waals surface area contributed by atoms with Crippen LogP contribution in [0.15, 0.2) is 18.2 Å². The Morgan fingerprint density at radius 1 is 1.00 bits per heavy atom. The zero-order chi connectivity index (χ0) is 26.3. The molecule has 1 aromatic rings. The molecule has 12 heteroatoms. The van der Waals surface area contributed by atoms with Crippen LogP contribution in [-0.2, 0) is 32.1 Å². The number of epoxide rings is 1. The number of halogens is 6. The third-order valence-electron chi connectivity index (χ3n) is 6.79. The van der Waals surface area contributed by atoms with E-state index in [0.717, 1.165) is 12.1 Å². The summed E-state index contributed by atoms with van der Waals surface area (Å²) in [5.41, 5.74) is -3.91. The smallest absolute Gasteiger partial charge is 0.352 e. The molecule has 2 saturated heterocycles. The summed E-state index contributed by atoms with van der Waals surface area (Å²) in [6.07, 6.45) is -9.67. The molecule has 3 rings (SSSR count). The van der Waals surface area contributed by atoms with Crippen LogP contribution in [0.4, 0.5) is 26.3 Å². The Hall–Kier alpha value is -2.34. The van der Waals surface area contributed by atoms with E-state index >= 15 is 0 Å². The van der Waals surface area contributed by atoms with Gasteiger partial charge in [0.1, 0.15) is 12.3 Å². The van der Waals surface area contributed by atoms with Crippen molar-refractivity contribution < 1.29 is 40.7 Å². The molecule has 0 bridgehead atoms. The number of amides is 2. The summed E-state index contributed by atoms with van der Waals surface area (Å²) < 4.78 is 85.6. The van der Waals surface area contributed by atoms with Crippen molar-refractivity contribution >= 4 is 11.8 Å². The molecule has 196 valence electrons. The van der Waals surface area contributed by atoms with Crippen molar-refractivity contribution in [2.75, 3.05) is 26.7 Å². The molecule has 2 heterocycles. The number of alkyl halides is 6. The molecule has 0 spiro atoms. The molecular weight excluding hydrogens is 480 g/mol. The lowest BCUT2D eigenvalue weighted by molar-refractivity contribution is -0.143. The van der Waals surface area contributed by atoms with Crippen LogP contribution in [0.2, 0.25) is 0 Å². The van der Waals surface area contributed by atoms with Crippen LogP contribution in [0.1, 0.15) is 50.3 Å². The van der Waals surface area contributed by atoms with E-state index in [1.165, 1.54) is 6.92 Å². The van der Waals surface area contributed by atoms with Crippen molar-refractivity contribution in [1.82, 2.24) is 15.1 Å². The van der Waals surface area contributed by atoms with Crippen LogP contribution in [0.5, 0.6) is 0 Å². The minimum atomic E-state index is -4.92. The Morgan fingerprint density at radius 3 is 1.94 bits per heavy atom. The quantitative estimate of drug-likeness (QED) is 0.468. The number of rotatable bonds is 6. The molecule has 35 heavy (non-hydrogen) atoms. The van der Waals surface area contributed by atoms with Crippen molar-refractivity contribution in [2.24, 2.45) is 0 Å². The average molecular weight is 509 g/mol. The van der Waals surface area contributed by atoms with E-state index in [1.54, 1.807) is 25.8 Å².